The molecule has 0 aliphatic carbocycles. The topological polar surface area (TPSA) is 46.6 Å². The van der Waals surface area contributed by atoms with E-state index in [1.807, 2.05) is 61.5 Å². The van der Waals surface area contributed by atoms with Crippen molar-refractivity contribution in [1.29, 1.82) is 0 Å². The highest BCUT2D eigenvalue weighted by atomic mass is 16.5. The van der Waals surface area contributed by atoms with Crippen molar-refractivity contribution in [2.24, 2.45) is 0 Å². The maximum Gasteiger partial charge on any atom is 0.329 e. The van der Waals surface area contributed by atoms with Gasteiger partial charge in [0, 0.05) is 13.0 Å². The van der Waals surface area contributed by atoms with E-state index in [1.54, 1.807) is 4.90 Å². The van der Waals surface area contributed by atoms with Crippen LogP contribution in [-0.2, 0) is 27.5 Å². The molecule has 4 nitrogen and oxygen atoms in total. The van der Waals surface area contributed by atoms with Crippen LogP contribution in [0.25, 0.3) is 0 Å². The quantitative estimate of drug-likeness (QED) is 0.794. The van der Waals surface area contributed by atoms with Crippen LogP contribution >= 0.6 is 0 Å². The molecule has 1 aliphatic rings. The molecule has 1 amide bonds. The lowest BCUT2D eigenvalue weighted by atomic mass is 10.1. The highest BCUT2D eigenvalue weighted by molar-refractivity contribution is 5.88. The Morgan fingerprint density at radius 3 is 2.50 bits per heavy atom. The van der Waals surface area contributed by atoms with Crippen molar-refractivity contribution >= 4 is 11.9 Å². The molecule has 2 aromatic rings. The molecule has 0 radical (unpaired) electrons. The van der Waals surface area contributed by atoms with Crippen LogP contribution in [-0.4, -0.2) is 22.8 Å². The zero-order valence-electron chi connectivity index (χ0n) is 13.8. The first-order valence-corrected chi connectivity index (χ1v) is 8.19. The molecule has 0 aromatic heterocycles. The summed E-state index contributed by atoms with van der Waals surface area (Å²) in [5.41, 5.74) is 3.14. The summed E-state index contributed by atoms with van der Waals surface area (Å²) in [7, 11) is 0. The fourth-order valence-corrected chi connectivity index (χ4v) is 2.89. The maximum absolute atomic E-state index is 12.4. The molecule has 3 rings (SSSR count). The van der Waals surface area contributed by atoms with E-state index >= 15 is 0 Å². The first-order valence-electron chi connectivity index (χ1n) is 8.19. The average molecular weight is 323 g/mol. The second-order valence-corrected chi connectivity index (χ2v) is 6.16. The number of benzene rings is 2. The molecule has 124 valence electrons. The van der Waals surface area contributed by atoms with E-state index in [-0.39, 0.29) is 18.5 Å². The van der Waals surface area contributed by atoms with E-state index in [9.17, 15) is 9.59 Å². The van der Waals surface area contributed by atoms with Crippen LogP contribution in [0.2, 0.25) is 0 Å². The number of amides is 1. The standard InChI is InChI=1S/C20H21NO3/c1-15-7-9-16(10-8-15)13-21-18(11-12-19(21)22)20(23)24-14-17-5-3-2-4-6-17/h2-10,18H,11-14H2,1H3. The number of esters is 1. The number of rotatable bonds is 5. The summed E-state index contributed by atoms with van der Waals surface area (Å²) in [6.07, 6.45) is 0.926. The predicted molar refractivity (Wildman–Crippen MR) is 91.0 cm³/mol. The lowest BCUT2D eigenvalue weighted by Crippen LogP contribution is -2.39. The molecule has 1 unspecified atom stereocenters. The van der Waals surface area contributed by atoms with Gasteiger partial charge in [0.05, 0.1) is 0 Å². The molecule has 0 N–H and O–H groups in total. The number of ether oxygens (including phenoxy) is 1. The third-order valence-corrected chi connectivity index (χ3v) is 4.30. The van der Waals surface area contributed by atoms with Crippen molar-refractivity contribution in [2.45, 2.75) is 39.0 Å². The molecular weight excluding hydrogens is 302 g/mol. The number of nitrogens with zero attached hydrogens (tertiary/aromatic N) is 1. The van der Waals surface area contributed by atoms with Crippen LogP contribution in [0.15, 0.2) is 54.6 Å². The Hall–Kier alpha value is -2.62. The van der Waals surface area contributed by atoms with Crippen molar-refractivity contribution in [3.63, 3.8) is 0 Å². The molecule has 0 saturated carbocycles. The van der Waals surface area contributed by atoms with E-state index in [2.05, 4.69) is 0 Å². The van der Waals surface area contributed by atoms with Gasteiger partial charge in [-0.2, -0.15) is 0 Å². The number of likely N-dealkylation sites (tertiary alicyclic amines) is 1. The number of carbonyl (C=O) groups excluding carboxylic acids is 2. The van der Waals surface area contributed by atoms with Crippen molar-refractivity contribution in [3.05, 3.63) is 71.3 Å². The van der Waals surface area contributed by atoms with Gasteiger partial charge in [-0.05, 0) is 24.5 Å². The Morgan fingerprint density at radius 2 is 1.79 bits per heavy atom. The number of hydrogen-bond acceptors (Lipinski definition) is 3. The summed E-state index contributed by atoms with van der Waals surface area (Å²) in [6.45, 7) is 2.71. The van der Waals surface area contributed by atoms with Crippen LogP contribution in [0.5, 0.6) is 0 Å². The van der Waals surface area contributed by atoms with Gasteiger partial charge >= 0.3 is 5.97 Å². The third kappa shape index (κ3) is 3.82. The molecule has 2 aromatic carbocycles. The Morgan fingerprint density at radius 1 is 1.08 bits per heavy atom. The molecule has 1 heterocycles. The normalized spacial score (nSPS) is 17.1. The molecule has 1 fully saturated rings. The first kappa shape index (κ1) is 16.2. The molecule has 1 atom stereocenters. The van der Waals surface area contributed by atoms with Gasteiger partial charge in [0.2, 0.25) is 5.91 Å². The van der Waals surface area contributed by atoms with Gasteiger partial charge in [-0.15, -0.1) is 0 Å². The van der Waals surface area contributed by atoms with Crippen molar-refractivity contribution < 1.29 is 14.3 Å². The molecular formula is C20H21NO3. The minimum atomic E-state index is -0.484. The van der Waals surface area contributed by atoms with Gasteiger partial charge in [-0.25, -0.2) is 4.79 Å². The number of hydrogen-bond donors (Lipinski definition) is 0. The van der Waals surface area contributed by atoms with Crippen LogP contribution < -0.4 is 0 Å². The Balaban J connectivity index is 1.63. The summed E-state index contributed by atoms with van der Waals surface area (Å²) < 4.78 is 5.41. The third-order valence-electron chi connectivity index (χ3n) is 4.30. The van der Waals surface area contributed by atoms with Crippen LogP contribution in [0.1, 0.15) is 29.5 Å². The van der Waals surface area contributed by atoms with E-state index in [1.165, 1.54) is 5.56 Å². The van der Waals surface area contributed by atoms with Gasteiger partial charge in [0.15, 0.2) is 0 Å². The molecule has 1 saturated heterocycles. The minimum absolute atomic E-state index is 0.0113. The Bertz CT molecular complexity index is 709. The fraction of sp³-hybridized carbons (Fsp3) is 0.300. The van der Waals surface area contributed by atoms with E-state index < -0.39 is 6.04 Å². The highest BCUT2D eigenvalue weighted by Gasteiger charge is 2.37. The SMILES string of the molecule is Cc1ccc(CN2C(=O)CCC2C(=O)OCc2ccccc2)cc1. The monoisotopic (exact) mass is 323 g/mol. The van der Waals surface area contributed by atoms with E-state index in [4.69, 9.17) is 4.74 Å². The summed E-state index contributed by atoms with van der Waals surface area (Å²) in [6, 6.07) is 17.1. The van der Waals surface area contributed by atoms with E-state index in [0.29, 0.717) is 19.4 Å². The summed E-state index contributed by atoms with van der Waals surface area (Å²) in [4.78, 5) is 26.2. The zero-order valence-corrected chi connectivity index (χ0v) is 13.8. The smallest absolute Gasteiger partial charge is 0.329 e. The molecule has 4 heteroatoms. The molecule has 0 spiro atoms. The molecule has 0 bridgehead atoms. The summed E-state index contributed by atoms with van der Waals surface area (Å²) in [5.74, 6) is -0.311. The average Bonchev–Trinajstić information content (AvgIpc) is 2.96. The maximum atomic E-state index is 12.4. The van der Waals surface area contributed by atoms with Gasteiger partial charge in [0.25, 0.3) is 0 Å². The van der Waals surface area contributed by atoms with Crippen LogP contribution in [0.4, 0.5) is 0 Å². The predicted octanol–water partition coefficient (Wildman–Crippen LogP) is 3.23. The largest absolute Gasteiger partial charge is 0.459 e. The first-order chi connectivity index (χ1) is 11.6. The van der Waals surface area contributed by atoms with Crippen molar-refractivity contribution in [1.82, 2.24) is 4.90 Å². The van der Waals surface area contributed by atoms with Crippen LogP contribution in [0.3, 0.4) is 0 Å². The van der Waals surface area contributed by atoms with Gasteiger partial charge < -0.3 is 9.64 Å². The Kier molecular flexibility index (Phi) is 4.94. The van der Waals surface area contributed by atoms with Crippen molar-refractivity contribution in [2.75, 3.05) is 0 Å². The van der Waals surface area contributed by atoms with Gasteiger partial charge in [-0.3, -0.25) is 4.79 Å². The minimum Gasteiger partial charge on any atom is -0.459 e. The summed E-state index contributed by atoms with van der Waals surface area (Å²) in [5, 5.41) is 0. The molecule has 24 heavy (non-hydrogen) atoms. The van der Waals surface area contributed by atoms with E-state index in [0.717, 1.165) is 11.1 Å². The Labute approximate surface area is 142 Å². The van der Waals surface area contributed by atoms with Gasteiger partial charge in [0.1, 0.15) is 12.6 Å². The van der Waals surface area contributed by atoms with Crippen LogP contribution in [0, 0.1) is 6.92 Å². The lowest BCUT2D eigenvalue weighted by molar-refractivity contribution is -0.153. The summed E-state index contributed by atoms with van der Waals surface area (Å²) >= 11 is 0. The van der Waals surface area contributed by atoms with Gasteiger partial charge in [-0.1, -0.05) is 60.2 Å². The number of carbonyl (C=O) groups is 2. The fourth-order valence-electron chi connectivity index (χ4n) is 2.89. The second-order valence-electron chi connectivity index (χ2n) is 6.16. The highest BCUT2D eigenvalue weighted by Crippen LogP contribution is 2.23. The second kappa shape index (κ2) is 7.30. The molecule has 1 aliphatic heterocycles. The zero-order chi connectivity index (χ0) is 16.9. The lowest BCUT2D eigenvalue weighted by Gasteiger charge is -2.23. The number of aryl methyl sites for hydroxylation is 1. The van der Waals surface area contributed by atoms with Crippen molar-refractivity contribution in [3.8, 4) is 0 Å².